The molecule has 11 heteroatoms. The molecule has 1 heterocycles. The maximum Gasteiger partial charge on any atom is 0.260 e. The van der Waals surface area contributed by atoms with Crippen molar-refractivity contribution >= 4 is 15.9 Å². The van der Waals surface area contributed by atoms with Gasteiger partial charge in [-0.3, -0.25) is 4.79 Å². The Bertz CT molecular complexity index is 1020. The summed E-state index contributed by atoms with van der Waals surface area (Å²) in [5.74, 6) is -6.34. The number of carbonyl (C=O) groups is 1. The second kappa shape index (κ2) is 8.37. The fourth-order valence-electron chi connectivity index (χ4n) is 2.82. The maximum absolute atomic E-state index is 13.9. The SMILES string of the molecule is O=C(COc1ccccc1F)N1CCN(S(=O)(=O)c2ccc(F)c(F)c2F)CC1. The van der Waals surface area contributed by atoms with Crippen LogP contribution in [0.4, 0.5) is 17.6 Å². The van der Waals surface area contributed by atoms with Gasteiger partial charge in [0.2, 0.25) is 10.0 Å². The smallest absolute Gasteiger partial charge is 0.260 e. The number of rotatable bonds is 5. The molecule has 1 saturated heterocycles. The van der Waals surface area contributed by atoms with E-state index in [9.17, 15) is 30.8 Å². The van der Waals surface area contributed by atoms with E-state index in [2.05, 4.69) is 0 Å². The molecular formula is C18H16F4N2O4S. The number of halogens is 4. The number of sulfonamides is 1. The molecule has 0 radical (unpaired) electrons. The van der Waals surface area contributed by atoms with Gasteiger partial charge < -0.3 is 9.64 Å². The van der Waals surface area contributed by atoms with Crippen LogP contribution in [0.3, 0.4) is 0 Å². The first-order chi connectivity index (χ1) is 13.7. The van der Waals surface area contributed by atoms with Gasteiger partial charge in [-0.15, -0.1) is 0 Å². The van der Waals surface area contributed by atoms with E-state index in [1.54, 1.807) is 6.07 Å². The highest BCUT2D eigenvalue weighted by atomic mass is 32.2. The third kappa shape index (κ3) is 4.35. The van der Waals surface area contributed by atoms with Gasteiger partial charge in [0.1, 0.15) is 4.90 Å². The molecule has 156 valence electrons. The zero-order valence-corrected chi connectivity index (χ0v) is 15.8. The summed E-state index contributed by atoms with van der Waals surface area (Å²) in [5, 5.41) is 0. The van der Waals surface area contributed by atoms with Crippen LogP contribution in [0.5, 0.6) is 5.75 Å². The van der Waals surface area contributed by atoms with Gasteiger partial charge in [0.05, 0.1) is 0 Å². The lowest BCUT2D eigenvalue weighted by Gasteiger charge is -2.34. The molecule has 0 aliphatic carbocycles. The number of carbonyl (C=O) groups excluding carboxylic acids is 1. The predicted molar refractivity (Wildman–Crippen MR) is 93.5 cm³/mol. The van der Waals surface area contributed by atoms with Gasteiger partial charge in [-0.2, -0.15) is 4.31 Å². The van der Waals surface area contributed by atoms with Gasteiger partial charge >= 0.3 is 0 Å². The highest BCUT2D eigenvalue weighted by Crippen LogP contribution is 2.24. The number of hydrogen-bond donors (Lipinski definition) is 0. The van der Waals surface area contributed by atoms with E-state index in [0.29, 0.717) is 12.1 Å². The molecule has 0 atom stereocenters. The van der Waals surface area contributed by atoms with Crippen molar-refractivity contribution in [2.45, 2.75) is 4.90 Å². The zero-order valence-electron chi connectivity index (χ0n) is 14.9. The molecule has 0 unspecified atom stereocenters. The molecule has 2 aromatic rings. The fourth-order valence-corrected chi connectivity index (χ4v) is 4.30. The van der Waals surface area contributed by atoms with E-state index < -0.39 is 50.7 Å². The fraction of sp³-hybridized carbons (Fsp3) is 0.278. The lowest BCUT2D eigenvalue weighted by atomic mass is 10.3. The second-order valence-electron chi connectivity index (χ2n) is 6.18. The molecule has 1 aliphatic heterocycles. The molecule has 0 aromatic heterocycles. The summed E-state index contributed by atoms with van der Waals surface area (Å²) in [4.78, 5) is 12.5. The largest absolute Gasteiger partial charge is 0.481 e. The topological polar surface area (TPSA) is 66.9 Å². The third-order valence-electron chi connectivity index (χ3n) is 4.40. The van der Waals surface area contributed by atoms with E-state index in [4.69, 9.17) is 4.74 Å². The van der Waals surface area contributed by atoms with Crippen molar-refractivity contribution in [2.75, 3.05) is 32.8 Å². The van der Waals surface area contributed by atoms with Crippen LogP contribution in [0, 0.1) is 23.3 Å². The molecule has 3 rings (SSSR count). The summed E-state index contributed by atoms with van der Waals surface area (Å²) in [6.07, 6.45) is 0. The maximum atomic E-state index is 13.9. The van der Waals surface area contributed by atoms with Crippen molar-refractivity contribution < 1.29 is 35.5 Å². The summed E-state index contributed by atoms with van der Waals surface area (Å²) >= 11 is 0. The van der Waals surface area contributed by atoms with Gasteiger partial charge in [0, 0.05) is 26.2 Å². The average Bonchev–Trinajstić information content (AvgIpc) is 2.71. The Morgan fingerprint density at radius 2 is 1.55 bits per heavy atom. The summed E-state index contributed by atoms with van der Waals surface area (Å²) in [7, 11) is -4.41. The number of ether oxygens (including phenoxy) is 1. The molecule has 0 bridgehead atoms. The number of hydrogen-bond acceptors (Lipinski definition) is 4. The first-order valence-electron chi connectivity index (χ1n) is 8.50. The van der Waals surface area contributed by atoms with E-state index in [0.717, 1.165) is 4.31 Å². The third-order valence-corrected chi connectivity index (χ3v) is 6.31. The Kier molecular flexibility index (Phi) is 6.08. The van der Waals surface area contributed by atoms with Crippen molar-refractivity contribution in [1.29, 1.82) is 0 Å². The Hall–Kier alpha value is -2.66. The van der Waals surface area contributed by atoms with E-state index in [-0.39, 0.29) is 31.9 Å². The van der Waals surface area contributed by atoms with Crippen LogP contribution in [0.2, 0.25) is 0 Å². The second-order valence-corrected chi connectivity index (χ2v) is 8.08. The minimum atomic E-state index is -4.41. The molecule has 1 aliphatic rings. The number of benzene rings is 2. The molecule has 0 saturated carbocycles. The average molecular weight is 432 g/mol. The highest BCUT2D eigenvalue weighted by molar-refractivity contribution is 7.89. The number of piperazine rings is 1. The number of para-hydroxylation sites is 1. The standard InChI is InChI=1S/C18H16F4N2O4S/c19-12-3-1-2-4-14(12)28-11-16(25)23-7-9-24(10-8-23)29(26,27)15-6-5-13(20)17(21)18(15)22/h1-6H,7-11H2. The lowest BCUT2D eigenvalue weighted by molar-refractivity contribution is -0.134. The van der Waals surface area contributed by atoms with Crippen LogP contribution in [-0.4, -0.2) is 56.3 Å². The molecule has 1 fully saturated rings. The summed E-state index contributed by atoms with van der Waals surface area (Å²) in [6, 6.07) is 6.75. The van der Waals surface area contributed by atoms with E-state index >= 15 is 0 Å². The Morgan fingerprint density at radius 3 is 2.21 bits per heavy atom. The molecule has 1 amide bonds. The van der Waals surface area contributed by atoms with Crippen LogP contribution >= 0.6 is 0 Å². The number of amides is 1. The molecular weight excluding hydrogens is 416 g/mol. The van der Waals surface area contributed by atoms with Gasteiger partial charge in [0.25, 0.3) is 5.91 Å². The monoisotopic (exact) mass is 432 g/mol. The van der Waals surface area contributed by atoms with Crippen LogP contribution in [0.1, 0.15) is 0 Å². The van der Waals surface area contributed by atoms with Gasteiger partial charge in [-0.1, -0.05) is 12.1 Å². The van der Waals surface area contributed by atoms with Crippen LogP contribution in [0.25, 0.3) is 0 Å². The predicted octanol–water partition coefficient (Wildman–Crippen LogP) is 2.15. The van der Waals surface area contributed by atoms with Crippen molar-refractivity contribution in [3.8, 4) is 5.75 Å². The van der Waals surface area contributed by atoms with Gasteiger partial charge in [0.15, 0.2) is 35.6 Å². The minimum Gasteiger partial charge on any atom is -0.481 e. The van der Waals surface area contributed by atoms with Crippen LogP contribution in [-0.2, 0) is 14.8 Å². The molecule has 2 aromatic carbocycles. The molecule has 6 nitrogen and oxygen atoms in total. The Morgan fingerprint density at radius 1 is 0.897 bits per heavy atom. The van der Waals surface area contributed by atoms with E-state index in [1.165, 1.54) is 23.1 Å². The molecule has 0 spiro atoms. The molecule has 29 heavy (non-hydrogen) atoms. The normalized spacial score (nSPS) is 15.4. The first-order valence-corrected chi connectivity index (χ1v) is 9.94. The van der Waals surface area contributed by atoms with Gasteiger partial charge in [-0.25, -0.2) is 26.0 Å². The summed E-state index contributed by atoms with van der Waals surface area (Å²) < 4.78 is 84.9. The van der Waals surface area contributed by atoms with Crippen molar-refractivity contribution in [1.82, 2.24) is 9.21 Å². The Labute approximate surface area is 164 Å². The molecule has 0 N–H and O–H groups in total. The highest BCUT2D eigenvalue weighted by Gasteiger charge is 2.33. The van der Waals surface area contributed by atoms with Crippen LogP contribution < -0.4 is 4.74 Å². The zero-order chi connectivity index (χ0) is 21.2. The van der Waals surface area contributed by atoms with Gasteiger partial charge in [-0.05, 0) is 24.3 Å². The lowest BCUT2D eigenvalue weighted by Crippen LogP contribution is -2.51. The van der Waals surface area contributed by atoms with Crippen molar-refractivity contribution in [3.05, 3.63) is 59.7 Å². The summed E-state index contributed by atoms with van der Waals surface area (Å²) in [6.45, 7) is -0.835. The van der Waals surface area contributed by atoms with Crippen LogP contribution in [0.15, 0.2) is 41.3 Å². The Balaban J connectivity index is 1.62. The quantitative estimate of drug-likeness (QED) is 0.537. The summed E-state index contributed by atoms with van der Waals surface area (Å²) in [5.41, 5.74) is 0. The van der Waals surface area contributed by atoms with E-state index in [1.807, 2.05) is 0 Å². The number of nitrogens with zero attached hydrogens (tertiary/aromatic N) is 2. The first kappa shape index (κ1) is 21.1. The minimum absolute atomic E-state index is 0.0238. The van der Waals surface area contributed by atoms with Crippen molar-refractivity contribution in [3.63, 3.8) is 0 Å². The van der Waals surface area contributed by atoms with Crippen molar-refractivity contribution in [2.24, 2.45) is 0 Å².